The predicted octanol–water partition coefficient (Wildman–Crippen LogP) is 4.13. The van der Waals surface area contributed by atoms with E-state index in [0.29, 0.717) is 47.8 Å². The Bertz CT molecular complexity index is 1110. The topological polar surface area (TPSA) is 95.6 Å². The third-order valence-corrected chi connectivity index (χ3v) is 5.77. The van der Waals surface area contributed by atoms with E-state index in [-0.39, 0.29) is 12.0 Å². The first kappa shape index (κ1) is 18.1. The third kappa shape index (κ3) is 3.21. The van der Waals surface area contributed by atoms with Crippen LogP contribution >= 0.6 is 11.3 Å². The van der Waals surface area contributed by atoms with Crippen molar-refractivity contribution >= 4 is 39.3 Å². The summed E-state index contributed by atoms with van der Waals surface area (Å²) in [6.45, 7) is 2.94. The van der Waals surface area contributed by atoms with E-state index in [1.807, 2.05) is 12.1 Å². The molecule has 1 aliphatic rings. The number of nitrogens with one attached hydrogen (secondary N) is 1. The van der Waals surface area contributed by atoms with E-state index in [9.17, 15) is 14.9 Å². The lowest BCUT2D eigenvalue weighted by molar-refractivity contribution is 0.102. The van der Waals surface area contributed by atoms with E-state index in [0.717, 1.165) is 15.8 Å². The number of furan rings is 1. The average molecular weight is 395 g/mol. The molecule has 2 amide bonds. The summed E-state index contributed by atoms with van der Waals surface area (Å²) in [4.78, 5) is 27.2. The number of carbonyl (C=O) groups excluding carboxylic acids is 2. The summed E-state index contributed by atoms with van der Waals surface area (Å²) in [5.74, 6) is -0.310. The Morgan fingerprint density at radius 3 is 3.04 bits per heavy atom. The Balaban J connectivity index is 1.58. The molecular weight excluding hydrogens is 378 g/mol. The van der Waals surface area contributed by atoms with E-state index >= 15 is 0 Å². The SMILES string of the molecule is CCOC(=O)N1CCc2c(sc(NC(=O)c3ccc4ccoc4c3)c2C#N)C1. The van der Waals surface area contributed by atoms with Gasteiger partial charge in [-0.3, -0.25) is 4.79 Å². The Labute approximate surface area is 165 Å². The Kier molecular flexibility index (Phi) is 4.75. The van der Waals surface area contributed by atoms with Crippen LogP contribution in [0.4, 0.5) is 9.80 Å². The minimum absolute atomic E-state index is 0.310. The van der Waals surface area contributed by atoms with Crippen LogP contribution in [0.5, 0.6) is 0 Å². The van der Waals surface area contributed by atoms with Gasteiger partial charge in [0, 0.05) is 22.4 Å². The summed E-state index contributed by atoms with van der Waals surface area (Å²) in [7, 11) is 0. The van der Waals surface area contributed by atoms with Crippen LogP contribution in [0, 0.1) is 11.3 Å². The molecule has 3 heterocycles. The second-order valence-corrected chi connectivity index (χ2v) is 7.42. The minimum atomic E-state index is -0.364. The van der Waals surface area contributed by atoms with Gasteiger partial charge >= 0.3 is 6.09 Å². The number of hydrogen-bond donors (Lipinski definition) is 1. The van der Waals surface area contributed by atoms with E-state index in [1.165, 1.54) is 11.3 Å². The van der Waals surface area contributed by atoms with Gasteiger partial charge in [0.15, 0.2) is 0 Å². The highest BCUT2D eigenvalue weighted by atomic mass is 32.1. The molecule has 1 N–H and O–H groups in total. The van der Waals surface area contributed by atoms with Crippen molar-refractivity contribution in [2.75, 3.05) is 18.5 Å². The van der Waals surface area contributed by atoms with Gasteiger partial charge in [0.05, 0.1) is 25.0 Å². The van der Waals surface area contributed by atoms with Gasteiger partial charge in [-0.1, -0.05) is 6.07 Å². The predicted molar refractivity (Wildman–Crippen MR) is 104 cm³/mol. The molecule has 1 aliphatic heterocycles. The lowest BCUT2D eigenvalue weighted by Crippen LogP contribution is -2.35. The molecule has 0 bridgehead atoms. The number of anilines is 1. The van der Waals surface area contributed by atoms with Crippen LogP contribution in [-0.4, -0.2) is 30.1 Å². The van der Waals surface area contributed by atoms with Gasteiger partial charge in [-0.25, -0.2) is 4.79 Å². The third-order valence-electron chi connectivity index (χ3n) is 4.64. The minimum Gasteiger partial charge on any atom is -0.464 e. The lowest BCUT2D eigenvalue weighted by Gasteiger charge is -2.25. The van der Waals surface area contributed by atoms with Crippen LogP contribution in [0.2, 0.25) is 0 Å². The highest BCUT2D eigenvalue weighted by Crippen LogP contribution is 2.37. The number of thiophene rings is 1. The van der Waals surface area contributed by atoms with Crippen molar-refractivity contribution in [2.24, 2.45) is 0 Å². The first-order chi connectivity index (χ1) is 13.6. The van der Waals surface area contributed by atoms with Gasteiger partial charge in [-0.2, -0.15) is 5.26 Å². The molecule has 8 heteroatoms. The largest absolute Gasteiger partial charge is 0.464 e. The van der Waals surface area contributed by atoms with Crippen molar-refractivity contribution in [3.8, 4) is 6.07 Å². The number of fused-ring (bicyclic) bond motifs is 2. The van der Waals surface area contributed by atoms with Crippen LogP contribution in [0.15, 0.2) is 34.9 Å². The van der Waals surface area contributed by atoms with Crippen LogP contribution in [-0.2, 0) is 17.7 Å². The van der Waals surface area contributed by atoms with Gasteiger partial charge in [-0.15, -0.1) is 11.3 Å². The summed E-state index contributed by atoms with van der Waals surface area (Å²) in [6, 6.07) is 9.23. The van der Waals surface area contributed by atoms with E-state index < -0.39 is 0 Å². The quantitative estimate of drug-likeness (QED) is 0.719. The Morgan fingerprint density at radius 1 is 1.39 bits per heavy atom. The van der Waals surface area contributed by atoms with Gasteiger partial charge < -0.3 is 19.4 Å². The van der Waals surface area contributed by atoms with Crippen molar-refractivity contribution in [1.29, 1.82) is 5.26 Å². The number of amides is 2. The van der Waals surface area contributed by atoms with Crippen LogP contribution in [0.25, 0.3) is 11.0 Å². The summed E-state index contributed by atoms with van der Waals surface area (Å²) < 4.78 is 10.4. The molecule has 0 saturated carbocycles. The molecule has 0 saturated heterocycles. The highest BCUT2D eigenvalue weighted by Gasteiger charge is 2.28. The first-order valence-electron chi connectivity index (χ1n) is 8.85. The zero-order valence-electron chi connectivity index (χ0n) is 15.2. The van der Waals surface area contributed by atoms with Crippen molar-refractivity contribution in [2.45, 2.75) is 19.9 Å². The summed E-state index contributed by atoms with van der Waals surface area (Å²) in [5.41, 5.74) is 2.44. The maximum Gasteiger partial charge on any atom is 0.410 e. The molecule has 0 fully saturated rings. The molecule has 1 aromatic carbocycles. The van der Waals surface area contributed by atoms with Crippen molar-refractivity contribution in [1.82, 2.24) is 4.90 Å². The molecule has 28 heavy (non-hydrogen) atoms. The van der Waals surface area contributed by atoms with E-state index in [1.54, 1.807) is 30.2 Å². The molecule has 0 unspecified atom stereocenters. The number of ether oxygens (including phenoxy) is 1. The molecule has 0 atom stereocenters. The second kappa shape index (κ2) is 7.37. The van der Waals surface area contributed by atoms with Crippen LogP contribution in [0.1, 0.15) is 33.3 Å². The number of nitrogens with zero attached hydrogens (tertiary/aromatic N) is 2. The fourth-order valence-corrected chi connectivity index (χ4v) is 4.46. The number of carbonyl (C=O) groups is 2. The smallest absolute Gasteiger partial charge is 0.410 e. The van der Waals surface area contributed by atoms with Gasteiger partial charge in [-0.05, 0) is 37.1 Å². The van der Waals surface area contributed by atoms with Gasteiger partial charge in [0.25, 0.3) is 5.91 Å². The average Bonchev–Trinajstić information content (AvgIpc) is 3.30. The molecule has 0 aliphatic carbocycles. The molecule has 0 spiro atoms. The molecule has 7 nitrogen and oxygen atoms in total. The van der Waals surface area contributed by atoms with Gasteiger partial charge in [0.2, 0.25) is 0 Å². The number of hydrogen-bond acceptors (Lipinski definition) is 6. The monoisotopic (exact) mass is 395 g/mol. The van der Waals surface area contributed by atoms with Crippen molar-refractivity contribution < 1.29 is 18.7 Å². The Morgan fingerprint density at radius 2 is 2.25 bits per heavy atom. The standard InChI is InChI=1S/C20H17N3O4S/c1-2-26-20(25)23-7-5-14-15(10-21)19(28-17(14)11-23)22-18(24)13-4-3-12-6-8-27-16(12)9-13/h3-4,6,8-9H,2,5,7,11H2,1H3,(H,22,24). The highest BCUT2D eigenvalue weighted by molar-refractivity contribution is 7.16. The summed E-state index contributed by atoms with van der Waals surface area (Å²) in [5, 5.41) is 13.9. The van der Waals surface area contributed by atoms with Crippen molar-refractivity contribution in [3.63, 3.8) is 0 Å². The van der Waals surface area contributed by atoms with E-state index in [2.05, 4.69) is 11.4 Å². The second-order valence-electron chi connectivity index (χ2n) is 6.32. The number of rotatable bonds is 3. The lowest BCUT2D eigenvalue weighted by atomic mass is 10.0. The maximum absolute atomic E-state index is 12.7. The summed E-state index contributed by atoms with van der Waals surface area (Å²) in [6.07, 6.45) is 1.77. The normalized spacial score (nSPS) is 13.1. The molecule has 142 valence electrons. The fourth-order valence-electron chi connectivity index (χ4n) is 3.25. The van der Waals surface area contributed by atoms with Crippen LogP contribution < -0.4 is 5.32 Å². The number of nitriles is 1. The molecule has 0 radical (unpaired) electrons. The van der Waals surface area contributed by atoms with Crippen molar-refractivity contribution in [3.05, 3.63) is 52.1 Å². The molecule has 4 rings (SSSR count). The zero-order chi connectivity index (χ0) is 19.7. The molecule has 2 aromatic heterocycles. The summed E-state index contributed by atoms with van der Waals surface area (Å²) >= 11 is 1.33. The zero-order valence-corrected chi connectivity index (χ0v) is 16.0. The Hall–Kier alpha value is -3.31. The fraction of sp³-hybridized carbons (Fsp3) is 0.250. The molecule has 3 aromatic rings. The maximum atomic E-state index is 12.7. The number of benzene rings is 1. The van der Waals surface area contributed by atoms with Gasteiger partial charge in [0.1, 0.15) is 16.7 Å². The first-order valence-corrected chi connectivity index (χ1v) is 9.67. The van der Waals surface area contributed by atoms with Crippen LogP contribution in [0.3, 0.4) is 0 Å². The van der Waals surface area contributed by atoms with E-state index in [4.69, 9.17) is 9.15 Å². The molecular formula is C20H17N3O4S.